The number of ether oxygens (including phenoxy) is 3. The van der Waals surface area contributed by atoms with Crippen molar-refractivity contribution in [1.29, 1.82) is 0 Å². The topological polar surface area (TPSA) is 74.6 Å². The number of nitrogens with zero attached hydrogens (tertiary/aromatic N) is 2. The lowest BCUT2D eigenvalue weighted by Gasteiger charge is -2.09. The van der Waals surface area contributed by atoms with Crippen molar-refractivity contribution in [2.45, 2.75) is 33.7 Å². The normalized spacial score (nSPS) is 12.1. The molecule has 0 saturated carbocycles. The van der Waals surface area contributed by atoms with Gasteiger partial charge < -0.3 is 19.5 Å². The minimum absolute atomic E-state index is 0.0559. The summed E-state index contributed by atoms with van der Waals surface area (Å²) in [5.74, 6) is 2.65. The van der Waals surface area contributed by atoms with E-state index in [9.17, 15) is 4.79 Å². The van der Waals surface area contributed by atoms with Crippen molar-refractivity contribution in [3.05, 3.63) is 59.4 Å². The zero-order valence-electron chi connectivity index (χ0n) is 16.7. The summed E-state index contributed by atoms with van der Waals surface area (Å²) >= 11 is 0. The summed E-state index contributed by atoms with van der Waals surface area (Å²) in [7, 11) is 0. The van der Waals surface area contributed by atoms with Crippen LogP contribution in [0.15, 0.2) is 42.5 Å². The molecule has 0 atom stereocenters. The average Bonchev–Trinajstić information content (AvgIpc) is 3.27. The predicted molar refractivity (Wildman–Crippen MR) is 109 cm³/mol. The second-order valence-corrected chi connectivity index (χ2v) is 6.96. The molecule has 2 aromatic carbocycles. The standard InChI is InChI=1S/C22H23N3O4/c1-14-15(2)24-25(16(14)3)11-10-22(26)23-17-4-6-18(7-5-17)29-19-8-9-20-21(12-19)28-13-27-20/h4-9,12H,10-11,13H2,1-3H3,(H,23,26). The van der Waals surface area contributed by atoms with Gasteiger partial charge in [0.2, 0.25) is 12.7 Å². The number of nitrogens with one attached hydrogen (secondary N) is 1. The van der Waals surface area contributed by atoms with Gasteiger partial charge in [0.25, 0.3) is 0 Å². The summed E-state index contributed by atoms with van der Waals surface area (Å²) in [6.45, 7) is 6.82. The fourth-order valence-corrected chi connectivity index (χ4v) is 3.12. The zero-order chi connectivity index (χ0) is 20.4. The highest BCUT2D eigenvalue weighted by atomic mass is 16.7. The monoisotopic (exact) mass is 393 g/mol. The van der Waals surface area contributed by atoms with E-state index in [0.29, 0.717) is 36.0 Å². The van der Waals surface area contributed by atoms with E-state index in [4.69, 9.17) is 14.2 Å². The maximum Gasteiger partial charge on any atom is 0.231 e. The Morgan fingerprint density at radius 1 is 1.07 bits per heavy atom. The van der Waals surface area contributed by atoms with Gasteiger partial charge in [-0.05, 0) is 62.7 Å². The van der Waals surface area contributed by atoms with Crippen LogP contribution in [0.2, 0.25) is 0 Å². The number of anilines is 1. The first kappa shape index (κ1) is 18.9. The molecule has 7 nitrogen and oxygen atoms in total. The predicted octanol–water partition coefficient (Wildman–Crippen LogP) is 4.36. The highest BCUT2D eigenvalue weighted by Gasteiger charge is 2.14. The summed E-state index contributed by atoms with van der Waals surface area (Å²) in [5, 5.41) is 7.37. The minimum atomic E-state index is -0.0559. The van der Waals surface area contributed by atoms with Gasteiger partial charge in [-0.3, -0.25) is 9.48 Å². The van der Waals surface area contributed by atoms with Crippen molar-refractivity contribution in [2.75, 3.05) is 12.1 Å². The second-order valence-electron chi connectivity index (χ2n) is 6.96. The molecule has 2 heterocycles. The van der Waals surface area contributed by atoms with Crippen molar-refractivity contribution in [3.8, 4) is 23.0 Å². The molecule has 0 aliphatic carbocycles. The number of carbonyl (C=O) groups excluding carboxylic acids is 1. The summed E-state index contributed by atoms with van der Waals surface area (Å²) in [6, 6.07) is 12.7. The maximum absolute atomic E-state index is 12.3. The molecule has 1 aromatic heterocycles. The van der Waals surface area contributed by atoms with Crippen LogP contribution in [0.3, 0.4) is 0 Å². The number of aromatic nitrogens is 2. The minimum Gasteiger partial charge on any atom is -0.457 e. The molecule has 3 aromatic rings. The van der Waals surface area contributed by atoms with E-state index in [1.54, 1.807) is 6.07 Å². The molecule has 150 valence electrons. The van der Waals surface area contributed by atoms with Crippen molar-refractivity contribution in [1.82, 2.24) is 9.78 Å². The molecule has 29 heavy (non-hydrogen) atoms. The number of amides is 1. The van der Waals surface area contributed by atoms with Crippen molar-refractivity contribution < 1.29 is 19.0 Å². The first-order valence-electron chi connectivity index (χ1n) is 9.47. The van der Waals surface area contributed by atoms with Crippen molar-refractivity contribution >= 4 is 11.6 Å². The number of hydrogen-bond acceptors (Lipinski definition) is 5. The molecular weight excluding hydrogens is 370 g/mol. The number of carbonyl (C=O) groups is 1. The molecule has 0 radical (unpaired) electrons. The van der Waals surface area contributed by atoms with Gasteiger partial charge in [-0.15, -0.1) is 0 Å². The van der Waals surface area contributed by atoms with Gasteiger partial charge in [-0.1, -0.05) is 0 Å². The Hall–Kier alpha value is -3.48. The number of rotatable bonds is 6. The van der Waals surface area contributed by atoms with Crippen LogP contribution in [0.1, 0.15) is 23.4 Å². The Kier molecular flexibility index (Phi) is 5.12. The van der Waals surface area contributed by atoms with Gasteiger partial charge in [-0.25, -0.2) is 0 Å². The Labute approximate surface area is 169 Å². The molecule has 1 aliphatic rings. The van der Waals surface area contributed by atoms with Gasteiger partial charge in [0.15, 0.2) is 11.5 Å². The van der Waals surface area contributed by atoms with Crippen LogP contribution in [0.4, 0.5) is 5.69 Å². The highest BCUT2D eigenvalue weighted by Crippen LogP contribution is 2.36. The van der Waals surface area contributed by atoms with Crippen LogP contribution in [-0.4, -0.2) is 22.5 Å². The van der Waals surface area contributed by atoms with E-state index in [1.807, 2.05) is 61.9 Å². The highest BCUT2D eigenvalue weighted by molar-refractivity contribution is 5.90. The van der Waals surface area contributed by atoms with Crippen LogP contribution >= 0.6 is 0 Å². The van der Waals surface area contributed by atoms with E-state index in [2.05, 4.69) is 10.4 Å². The van der Waals surface area contributed by atoms with Crippen LogP contribution in [-0.2, 0) is 11.3 Å². The van der Waals surface area contributed by atoms with Crippen LogP contribution in [0.25, 0.3) is 0 Å². The molecular formula is C22H23N3O4. The average molecular weight is 393 g/mol. The Bertz CT molecular complexity index is 1040. The van der Waals surface area contributed by atoms with Gasteiger partial charge in [0, 0.05) is 30.4 Å². The molecule has 0 saturated heterocycles. The molecule has 1 amide bonds. The van der Waals surface area contributed by atoms with Gasteiger partial charge in [-0.2, -0.15) is 5.10 Å². The Morgan fingerprint density at radius 3 is 2.52 bits per heavy atom. The zero-order valence-corrected chi connectivity index (χ0v) is 16.7. The molecule has 7 heteroatoms. The molecule has 4 rings (SSSR count). The number of aryl methyl sites for hydroxylation is 2. The third-order valence-electron chi connectivity index (χ3n) is 5.01. The van der Waals surface area contributed by atoms with E-state index in [0.717, 1.165) is 17.1 Å². The third kappa shape index (κ3) is 4.18. The summed E-state index contributed by atoms with van der Waals surface area (Å²) in [5.41, 5.74) is 3.99. The van der Waals surface area contributed by atoms with Crippen LogP contribution in [0, 0.1) is 20.8 Å². The first-order valence-corrected chi connectivity index (χ1v) is 9.47. The van der Waals surface area contributed by atoms with Gasteiger partial charge >= 0.3 is 0 Å². The van der Waals surface area contributed by atoms with Crippen molar-refractivity contribution in [2.24, 2.45) is 0 Å². The maximum atomic E-state index is 12.3. The largest absolute Gasteiger partial charge is 0.457 e. The summed E-state index contributed by atoms with van der Waals surface area (Å²) < 4.78 is 18.4. The SMILES string of the molecule is Cc1nn(CCC(=O)Nc2ccc(Oc3ccc4c(c3)OCO4)cc2)c(C)c1C. The Balaban J connectivity index is 1.32. The van der Waals surface area contributed by atoms with E-state index in [1.165, 1.54) is 5.56 Å². The molecule has 0 spiro atoms. The second kappa shape index (κ2) is 7.87. The van der Waals surface area contributed by atoms with Gasteiger partial charge in [0.05, 0.1) is 5.69 Å². The van der Waals surface area contributed by atoms with E-state index < -0.39 is 0 Å². The number of fused-ring (bicyclic) bond motifs is 1. The molecule has 1 N–H and O–H groups in total. The van der Waals surface area contributed by atoms with E-state index in [-0.39, 0.29) is 12.7 Å². The lowest BCUT2D eigenvalue weighted by Crippen LogP contribution is -2.15. The van der Waals surface area contributed by atoms with Crippen LogP contribution in [0.5, 0.6) is 23.0 Å². The fourth-order valence-electron chi connectivity index (χ4n) is 3.12. The molecule has 0 bridgehead atoms. The van der Waals surface area contributed by atoms with Crippen molar-refractivity contribution in [3.63, 3.8) is 0 Å². The lowest BCUT2D eigenvalue weighted by molar-refractivity contribution is -0.116. The molecule has 1 aliphatic heterocycles. The first-order chi connectivity index (χ1) is 14.0. The molecule has 0 fully saturated rings. The van der Waals surface area contributed by atoms with E-state index >= 15 is 0 Å². The summed E-state index contributed by atoms with van der Waals surface area (Å²) in [6.07, 6.45) is 0.358. The number of hydrogen-bond donors (Lipinski definition) is 1. The Morgan fingerprint density at radius 2 is 1.79 bits per heavy atom. The van der Waals surface area contributed by atoms with Crippen LogP contribution < -0.4 is 19.5 Å². The fraction of sp³-hybridized carbons (Fsp3) is 0.273. The lowest BCUT2D eigenvalue weighted by atomic mass is 10.2. The third-order valence-corrected chi connectivity index (χ3v) is 5.01. The number of benzene rings is 2. The smallest absolute Gasteiger partial charge is 0.231 e. The quantitative estimate of drug-likeness (QED) is 0.674. The van der Waals surface area contributed by atoms with Gasteiger partial charge in [0.1, 0.15) is 11.5 Å². The molecule has 0 unspecified atom stereocenters. The summed E-state index contributed by atoms with van der Waals surface area (Å²) in [4.78, 5) is 12.3.